The van der Waals surface area contributed by atoms with E-state index in [1.807, 2.05) is 37.3 Å². The van der Waals surface area contributed by atoms with Gasteiger partial charge >= 0.3 is 5.97 Å². The molecule has 0 unspecified atom stereocenters. The fourth-order valence-corrected chi connectivity index (χ4v) is 4.20. The number of carbonyl (C=O) groups excluding carboxylic acids is 4. The molecule has 37 heavy (non-hydrogen) atoms. The van der Waals surface area contributed by atoms with Crippen molar-refractivity contribution in [2.24, 2.45) is 0 Å². The van der Waals surface area contributed by atoms with Crippen LogP contribution in [0.15, 0.2) is 78.9 Å². The molecule has 0 atom stereocenters. The zero-order chi connectivity index (χ0) is 26.1. The van der Waals surface area contributed by atoms with E-state index in [1.165, 1.54) is 24.3 Å². The lowest BCUT2D eigenvalue weighted by Crippen LogP contribution is -2.29. The van der Waals surface area contributed by atoms with Gasteiger partial charge in [0, 0.05) is 0 Å². The van der Waals surface area contributed by atoms with Crippen LogP contribution in [0.5, 0.6) is 0 Å². The van der Waals surface area contributed by atoms with Crippen LogP contribution in [0.25, 0.3) is 5.69 Å². The van der Waals surface area contributed by atoms with E-state index < -0.39 is 30.3 Å². The summed E-state index contributed by atoms with van der Waals surface area (Å²) in [5, 5.41) is 7.24. The molecule has 1 aliphatic heterocycles. The standard InChI is InChI=1S/C28H22N4O5/c1-17-25(18(2)32(30-17)21-8-4-3-5-9-21)29-24(33)16-37-28(36)19-12-14-20(15-13-19)31-26(34)22-10-6-7-11-23(22)27(31)35/h3-15H,16H2,1-2H3,(H,29,33). The Kier molecular flexibility index (Phi) is 6.10. The topological polar surface area (TPSA) is 111 Å². The second-order valence-electron chi connectivity index (χ2n) is 8.46. The van der Waals surface area contributed by atoms with Crippen LogP contribution >= 0.6 is 0 Å². The summed E-state index contributed by atoms with van der Waals surface area (Å²) in [6, 6.07) is 22.0. The van der Waals surface area contributed by atoms with Crippen molar-refractivity contribution in [3.8, 4) is 5.69 Å². The zero-order valence-corrected chi connectivity index (χ0v) is 20.1. The number of nitrogens with one attached hydrogen (secondary N) is 1. The Hall–Kier alpha value is -5.05. The summed E-state index contributed by atoms with van der Waals surface area (Å²) in [4.78, 5) is 51.4. The van der Waals surface area contributed by atoms with E-state index in [2.05, 4.69) is 10.4 Å². The fraction of sp³-hybridized carbons (Fsp3) is 0.107. The summed E-state index contributed by atoms with van der Waals surface area (Å²) in [7, 11) is 0. The Labute approximate surface area is 212 Å². The van der Waals surface area contributed by atoms with Gasteiger partial charge in [-0.1, -0.05) is 30.3 Å². The number of esters is 1. The number of para-hydroxylation sites is 1. The summed E-state index contributed by atoms with van der Waals surface area (Å²) in [6.45, 7) is 3.13. The molecule has 1 aromatic heterocycles. The van der Waals surface area contributed by atoms with E-state index in [0.717, 1.165) is 16.3 Å². The Morgan fingerprint density at radius 3 is 2.03 bits per heavy atom. The average Bonchev–Trinajstić information content (AvgIpc) is 3.35. The van der Waals surface area contributed by atoms with Gasteiger partial charge in [-0.2, -0.15) is 5.10 Å². The van der Waals surface area contributed by atoms with Gasteiger partial charge in [0.25, 0.3) is 17.7 Å². The molecule has 0 bridgehead atoms. The number of ether oxygens (including phenoxy) is 1. The van der Waals surface area contributed by atoms with Crippen LogP contribution in [0.2, 0.25) is 0 Å². The van der Waals surface area contributed by atoms with E-state index in [-0.39, 0.29) is 5.56 Å². The van der Waals surface area contributed by atoms with Gasteiger partial charge in [0.05, 0.1) is 45.1 Å². The first kappa shape index (κ1) is 23.7. The minimum Gasteiger partial charge on any atom is -0.452 e. The molecular formula is C28H22N4O5. The van der Waals surface area contributed by atoms with Crippen LogP contribution in [0.1, 0.15) is 42.5 Å². The van der Waals surface area contributed by atoms with E-state index in [0.29, 0.717) is 28.2 Å². The molecule has 184 valence electrons. The largest absolute Gasteiger partial charge is 0.452 e. The van der Waals surface area contributed by atoms with Crippen molar-refractivity contribution in [3.05, 3.63) is 107 Å². The minimum atomic E-state index is -0.711. The van der Waals surface area contributed by atoms with Gasteiger partial charge in [0.15, 0.2) is 6.61 Å². The molecule has 4 aromatic rings. The molecule has 0 fully saturated rings. The highest BCUT2D eigenvalue weighted by Crippen LogP contribution is 2.28. The Morgan fingerprint density at radius 2 is 1.41 bits per heavy atom. The Balaban J connectivity index is 1.21. The number of aromatic nitrogens is 2. The van der Waals surface area contributed by atoms with Gasteiger partial charge in [-0.15, -0.1) is 0 Å². The molecule has 5 rings (SSSR count). The van der Waals surface area contributed by atoms with Crippen molar-refractivity contribution in [3.63, 3.8) is 0 Å². The van der Waals surface area contributed by atoms with Crippen LogP contribution < -0.4 is 10.2 Å². The van der Waals surface area contributed by atoms with Gasteiger partial charge < -0.3 is 10.1 Å². The number of anilines is 2. The highest BCUT2D eigenvalue weighted by atomic mass is 16.5. The minimum absolute atomic E-state index is 0.178. The summed E-state index contributed by atoms with van der Waals surface area (Å²) < 4.78 is 6.89. The third-order valence-corrected chi connectivity index (χ3v) is 6.05. The van der Waals surface area contributed by atoms with Crippen molar-refractivity contribution < 1.29 is 23.9 Å². The van der Waals surface area contributed by atoms with Gasteiger partial charge in [-0.3, -0.25) is 14.4 Å². The van der Waals surface area contributed by atoms with E-state index in [1.54, 1.807) is 35.9 Å². The summed E-state index contributed by atoms with van der Waals surface area (Å²) in [5.74, 6) is -2.06. The number of carbonyl (C=O) groups is 4. The SMILES string of the molecule is Cc1nn(-c2ccccc2)c(C)c1NC(=O)COC(=O)c1ccc(N2C(=O)c3ccccc3C2=O)cc1. The van der Waals surface area contributed by atoms with E-state index in [9.17, 15) is 19.2 Å². The van der Waals surface area contributed by atoms with Crippen LogP contribution in [0.3, 0.4) is 0 Å². The van der Waals surface area contributed by atoms with Gasteiger partial charge in [-0.05, 0) is 62.4 Å². The maximum absolute atomic E-state index is 12.6. The van der Waals surface area contributed by atoms with Crippen molar-refractivity contribution in [1.82, 2.24) is 9.78 Å². The van der Waals surface area contributed by atoms with Crippen LogP contribution in [-0.4, -0.2) is 40.1 Å². The third kappa shape index (κ3) is 4.38. The van der Waals surface area contributed by atoms with Crippen LogP contribution in [0, 0.1) is 13.8 Å². The Morgan fingerprint density at radius 1 is 0.811 bits per heavy atom. The normalized spacial score (nSPS) is 12.4. The quantitative estimate of drug-likeness (QED) is 0.319. The second kappa shape index (κ2) is 9.54. The molecule has 2 heterocycles. The molecule has 3 amide bonds. The van der Waals surface area contributed by atoms with E-state index >= 15 is 0 Å². The molecule has 0 spiro atoms. The van der Waals surface area contributed by atoms with Gasteiger partial charge in [0.1, 0.15) is 0 Å². The predicted molar refractivity (Wildman–Crippen MR) is 136 cm³/mol. The average molecular weight is 495 g/mol. The molecular weight excluding hydrogens is 472 g/mol. The summed E-state index contributed by atoms with van der Waals surface area (Å²) >= 11 is 0. The first-order valence-electron chi connectivity index (χ1n) is 11.5. The maximum atomic E-state index is 12.6. The number of hydrogen-bond acceptors (Lipinski definition) is 6. The van der Waals surface area contributed by atoms with Crippen molar-refractivity contribution in [1.29, 1.82) is 0 Å². The number of amides is 3. The number of fused-ring (bicyclic) bond motifs is 1. The number of hydrogen-bond donors (Lipinski definition) is 1. The number of rotatable bonds is 6. The summed E-state index contributed by atoms with van der Waals surface area (Å²) in [6.07, 6.45) is 0. The molecule has 9 nitrogen and oxygen atoms in total. The van der Waals surface area contributed by atoms with Crippen LogP contribution in [0.4, 0.5) is 11.4 Å². The molecule has 0 aliphatic carbocycles. The molecule has 1 aliphatic rings. The predicted octanol–water partition coefficient (Wildman–Crippen LogP) is 4.09. The lowest BCUT2D eigenvalue weighted by molar-refractivity contribution is -0.119. The smallest absolute Gasteiger partial charge is 0.338 e. The zero-order valence-electron chi connectivity index (χ0n) is 20.1. The summed E-state index contributed by atoms with van der Waals surface area (Å²) in [5.41, 5.74) is 3.97. The van der Waals surface area contributed by atoms with Gasteiger partial charge in [-0.25, -0.2) is 14.4 Å². The lowest BCUT2D eigenvalue weighted by Gasteiger charge is -2.14. The molecule has 3 aromatic carbocycles. The molecule has 0 radical (unpaired) electrons. The first-order valence-corrected chi connectivity index (χ1v) is 11.5. The van der Waals surface area contributed by atoms with E-state index in [4.69, 9.17) is 4.74 Å². The highest BCUT2D eigenvalue weighted by molar-refractivity contribution is 6.34. The molecule has 1 N–H and O–H groups in total. The first-order chi connectivity index (χ1) is 17.8. The molecule has 9 heteroatoms. The third-order valence-electron chi connectivity index (χ3n) is 6.05. The number of benzene rings is 3. The fourth-order valence-electron chi connectivity index (χ4n) is 4.20. The van der Waals surface area contributed by atoms with Crippen molar-refractivity contribution in [2.75, 3.05) is 16.8 Å². The van der Waals surface area contributed by atoms with Crippen molar-refractivity contribution in [2.45, 2.75) is 13.8 Å². The molecule has 0 saturated heterocycles. The maximum Gasteiger partial charge on any atom is 0.338 e. The van der Waals surface area contributed by atoms with Gasteiger partial charge in [0.2, 0.25) is 0 Å². The monoisotopic (exact) mass is 494 g/mol. The number of imide groups is 1. The number of nitrogens with zero attached hydrogens (tertiary/aromatic N) is 3. The second-order valence-corrected chi connectivity index (χ2v) is 8.46. The molecule has 0 saturated carbocycles. The van der Waals surface area contributed by atoms with Crippen LogP contribution in [-0.2, 0) is 9.53 Å². The highest BCUT2D eigenvalue weighted by Gasteiger charge is 2.36. The lowest BCUT2D eigenvalue weighted by atomic mass is 10.1. The van der Waals surface area contributed by atoms with Crippen molar-refractivity contribution >= 4 is 35.1 Å². The Bertz CT molecular complexity index is 1510. The number of aryl methyl sites for hydroxylation is 1.